The summed E-state index contributed by atoms with van der Waals surface area (Å²) in [5.41, 5.74) is 1.76. The molecule has 8 heteroatoms. The molecule has 142 valence electrons. The molecular weight excluding hydrogens is 354 g/mol. The molecule has 0 fully saturated rings. The predicted octanol–water partition coefficient (Wildman–Crippen LogP) is 2.73. The van der Waals surface area contributed by atoms with Crippen LogP contribution >= 0.6 is 11.3 Å². The monoisotopic (exact) mass is 379 g/mol. The smallest absolute Gasteiger partial charge is 0.316 e. The molecule has 0 spiro atoms. The van der Waals surface area contributed by atoms with Gasteiger partial charge in [-0.15, -0.1) is 11.3 Å². The molecular formula is C18H25N3O4S. The van der Waals surface area contributed by atoms with Crippen molar-refractivity contribution in [3.8, 4) is 6.01 Å². The molecule has 0 aliphatic carbocycles. The number of rotatable bonds is 10. The molecule has 0 amide bonds. The van der Waals surface area contributed by atoms with Gasteiger partial charge in [0.1, 0.15) is 5.01 Å². The number of aliphatic hydroxyl groups is 1. The number of aryl methyl sites for hydroxylation is 1. The quantitative estimate of drug-likeness (QED) is 0.634. The molecule has 2 unspecified atom stereocenters. The van der Waals surface area contributed by atoms with E-state index in [2.05, 4.69) is 15.0 Å². The second-order valence-electron chi connectivity index (χ2n) is 5.98. The van der Waals surface area contributed by atoms with Gasteiger partial charge in [-0.1, -0.05) is 0 Å². The number of hydrogen-bond acceptors (Lipinski definition) is 8. The molecule has 2 atom stereocenters. The van der Waals surface area contributed by atoms with Crippen LogP contribution in [0.15, 0.2) is 17.8 Å². The van der Waals surface area contributed by atoms with Gasteiger partial charge in [-0.25, -0.2) is 15.0 Å². The Balaban J connectivity index is 2.17. The minimum atomic E-state index is -0.305. The van der Waals surface area contributed by atoms with Gasteiger partial charge in [0, 0.05) is 23.7 Å². The topological polar surface area (TPSA) is 94.4 Å². The van der Waals surface area contributed by atoms with Gasteiger partial charge in [0.15, 0.2) is 0 Å². The number of methoxy groups -OCH3 is 1. The van der Waals surface area contributed by atoms with E-state index in [0.717, 1.165) is 35.5 Å². The summed E-state index contributed by atoms with van der Waals surface area (Å²) in [6, 6.07) is 0.279. The van der Waals surface area contributed by atoms with Crippen LogP contribution in [0, 0.1) is 0 Å². The minimum Gasteiger partial charge on any atom is -0.467 e. The first-order valence-electron chi connectivity index (χ1n) is 8.67. The predicted molar refractivity (Wildman–Crippen MR) is 98.4 cm³/mol. The molecule has 0 saturated carbocycles. The molecule has 0 aliphatic rings. The zero-order valence-electron chi connectivity index (χ0n) is 15.3. The molecule has 26 heavy (non-hydrogen) atoms. The van der Waals surface area contributed by atoms with Gasteiger partial charge in [-0.05, 0) is 38.7 Å². The fraction of sp³-hybridized carbons (Fsp3) is 0.556. The SMILES string of the molecule is CCOC(=O)CC(c1cnc(OC)nc1)c1nc(CCCC(C)O)cs1. The van der Waals surface area contributed by atoms with Gasteiger partial charge < -0.3 is 14.6 Å². The molecule has 7 nitrogen and oxygen atoms in total. The van der Waals surface area contributed by atoms with E-state index in [4.69, 9.17) is 9.47 Å². The van der Waals surface area contributed by atoms with Crippen molar-refractivity contribution in [1.29, 1.82) is 0 Å². The highest BCUT2D eigenvalue weighted by Gasteiger charge is 2.23. The third-order valence-corrected chi connectivity index (χ3v) is 4.84. The Hall–Kier alpha value is -2.06. The lowest BCUT2D eigenvalue weighted by molar-refractivity contribution is -0.143. The van der Waals surface area contributed by atoms with E-state index in [1.54, 1.807) is 26.2 Å². The lowest BCUT2D eigenvalue weighted by atomic mass is 9.99. The number of ether oxygens (including phenoxy) is 2. The Morgan fingerprint density at radius 2 is 2.08 bits per heavy atom. The summed E-state index contributed by atoms with van der Waals surface area (Å²) in [5.74, 6) is -0.533. The van der Waals surface area contributed by atoms with Crippen molar-refractivity contribution in [1.82, 2.24) is 15.0 Å². The van der Waals surface area contributed by atoms with Crippen molar-refractivity contribution >= 4 is 17.3 Å². The summed E-state index contributed by atoms with van der Waals surface area (Å²) < 4.78 is 10.1. The van der Waals surface area contributed by atoms with Crippen LogP contribution in [0.3, 0.4) is 0 Å². The number of aliphatic hydroxyl groups excluding tert-OH is 1. The van der Waals surface area contributed by atoms with Gasteiger partial charge in [-0.3, -0.25) is 4.79 Å². The molecule has 0 bridgehead atoms. The maximum absolute atomic E-state index is 12.0. The highest BCUT2D eigenvalue weighted by atomic mass is 32.1. The van der Waals surface area contributed by atoms with Crippen molar-refractivity contribution in [2.75, 3.05) is 13.7 Å². The van der Waals surface area contributed by atoms with Gasteiger partial charge in [0.05, 0.1) is 31.9 Å². The molecule has 2 aromatic rings. The van der Waals surface area contributed by atoms with Gasteiger partial charge in [0.2, 0.25) is 0 Å². The molecule has 2 rings (SSSR count). The van der Waals surface area contributed by atoms with Crippen molar-refractivity contribution < 1.29 is 19.4 Å². The number of esters is 1. The first-order valence-corrected chi connectivity index (χ1v) is 9.55. The van der Waals surface area contributed by atoms with Crippen LogP contribution in [0.25, 0.3) is 0 Å². The first kappa shape index (κ1) is 20.3. The zero-order chi connectivity index (χ0) is 18.9. The Kier molecular flexibility index (Phi) is 7.93. The minimum absolute atomic E-state index is 0.185. The highest BCUT2D eigenvalue weighted by molar-refractivity contribution is 7.09. The average Bonchev–Trinajstić information content (AvgIpc) is 3.08. The summed E-state index contributed by atoms with van der Waals surface area (Å²) in [5, 5.41) is 12.2. The van der Waals surface area contributed by atoms with E-state index >= 15 is 0 Å². The van der Waals surface area contributed by atoms with E-state index in [9.17, 15) is 9.90 Å². The number of carbonyl (C=O) groups excluding carboxylic acids is 1. The Morgan fingerprint density at radius 1 is 1.35 bits per heavy atom. The maximum atomic E-state index is 12.0. The fourth-order valence-electron chi connectivity index (χ4n) is 2.52. The number of hydrogen-bond donors (Lipinski definition) is 1. The highest BCUT2D eigenvalue weighted by Crippen LogP contribution is 2.31. The normalized spacial score (nSPS) is 13.2. The van der Waals surface area contributed by atoms with Crippen LogP contribution in [-0.4, -0.2) is 45.8 Å². The summed E-state index contributed by atoms with van der Waals surface area (Å²) in [7, 11) is 1.51. The van der Waals surface area contributed by atoms with Gasteiger partial charge in [-0.2, -0.15) is 0 Å². The van der Waals surface area contributed by atoms with Crippen molar-refractivity contribution in [2.45, 2.75) is 51.6 Å². The maximum Gasteiger partial charge on any atom is 0.316 e. The summed E-state index contributed by atoms with van der Waals surface area (Å²) in [6.45, 7) is 3.91. The molecule has 0 saturated heterocycles. The van der Waals surface area contributed by atoms with Crippen LogP contribution in [0.1, 0.15) is 55.3 Å². The number of aromatic nitrogens is 3. The zero-order valence-corrected chi connectivity index (χ0v) is 16.2. The number of carbonyl (C=O) groups is 1. The van der Waals surface area contributed by atoms with E-state index in [-0.39, 0.29) is 30.4 Å². The molecule has 0 radical (unpaired) electrons. The Bertz CT molecular complexity index is 688. The molecule has 2 aromatic heterocycles. The molecule has 0 aliphatic heterocycles. The Morgan fingerprint density at radius 3 is 2.69 bits per heavy atom. The van der Waals surface area contributed by atoms with Crippen molar-refractivity contribution in [3.05, 3.63) is 34.0 Å². The summed E-state index contributed by atoms with van der Waals surface area (Å²) >= 11 is 1.51. The summed E-state index contributed by atoms with van der Waals surface area (Å²) in [4.78, 5) is 25.0. The fourth-order valence-corrected chi connectivity index (χ4v) is 3.50. The number of nitrogens with zero attached hydrogens (tertiary/aromatic N) is 3. The molecule has 2 heterocycles. The molecule has 0 aromatic carbocycles. The molecule has 1 N–H and O–H groups in total. The first-order chi connectivity index (χ1) is 12.5. The third kappa shape index (κ3) is 6.03. The Labute approximate surface area is 157 Å². The van der Waals surface area contributed by atoms with E-state index in [1.165, 1.54) is 18.4 Å². The standard InChI is InChI=1S/C18H25N3O4S/c1-4-25-16(23)8-15(13-9-19-18(24-3)20-10-13)17-21-14(11-26-17)7-5-6-12(2)22/h9-12,15,22H,4-8H2,1-3H3. The number of thiazole rings is 1. The summed E-state index contributed by atoms with van der Waals surface area (Å²) in [6.07, 6.45) is 5.60. The lowest BCUT2D eigenvalue weighted by Gasteiger charge is -2.13. The van der Waals surface area contributed by atoms with Crippen molar-refractivity contribution in [3.63, 3.8) is 0 Å². The van der Waals surface area contributed by atoms with E-state index in [1.807, 2.05) is 5.38 Å². The van der Waals surface area contributed by atoms with E-state index < -0.39 is 0 Å². The largest absolute Gasteiger partial charge is 0.467 e. The van der Waals surface area contributed by atoms with Crippen LogP contribution in [0.4, 0.5) is 0 Å². The lowest BCUT2D eigenvalue weighted by Crippen LogP contribution is -2.12. The second kappa shape index (κ2) is 10.2. The van der Waals surface area contributed by atoms with E-state index in [0.29, 0.717) is 6.61 Å². The van der Waals surface area contributed by atoms with Crippen LogP contribution in [0.2, 0.25) is 0 Å². The third-order valence-electron chi connectivity index (χ3n) is 3.83. The van der Waals surface area contributed by atoms with Gasteiger partial charge >= 0.3 is 12.0 Å². The van der Waals surface area contributed by atoms with Gasteiger partial charge in [0.25, 0.3) is 0 Å². The average molecular weight is 379 g/mol. The van der Waals surface area contributed by atoms with Crippen LogP contribution in [0.5, 0.6) is 6.01 Å². The van der Waals surface area contributed by atoms with Crippen LogP contribution < -0.4 is 4.74 Å². The van der Waals surface area contributed by atoms with Crippen molar-refractivity contribution in [2.24, 2.45) is 0 Å². The van der Waals surface area contributed by atoms with Crippen LogP contribution in [-0.2, 0) is 16.0 Å². The second-order valence-corrected chi connectivity index (χ2v) is 6.87.